The molecule has 36 heavy (non-hydrogen) atoms. The molecule has 4 aliphatic rings. The first kappa shape index (κ1) is 30.8. The Hall–Kier alpha value is 0.260. The van der Waals surface area contributed by atoms with E-state index in [1.54, 1.807) is 0 Å². The summed E-state index contributed by atoms with van der Waals surface area (Å²) in [5.74, 6) is 0.522. The van der Waals surface area contributed by atoms with Crippen molar-refractivity contribution in [3.05, 3.63) is 0 Å². The van der Waals surface area contributed by atoms with Crippen molar-refractivity contribution in [1.82, 2.24) is 5.32 Å². The molecule has 202 valence electrons. The van der Waals surface area contributed by atoms with Crippen LogP contribution in [0, 0.1) is 46.3 Å². The van der Waals surface area contributed by atoms with Crippen LogP contribution >= 0.6 is 0 Å². The quantitative estimate of drug-likeness (QED) is 0.241. The Morgan fingerprint density at radius 1 is 1.08 bits per heavy atom. The van der Waals surface area contributed by atoms with E-state index < -0.39 is 28.1 Å². The van der Waals surface area contributed by atoms with Crippen LogP contribution in [0.25, 0.3) is 0 Å². The minimum Gasteiger partial charge on any atom is -0.748 e. The second-order valence-electron chi connectivity index (χ2n) is 12.7. The summed E-state index contributed by atoms with van der Waals surface area (Å²) in [5, 5.41) is 35.7. The molecule has 11 atom stereocenters. The molecule has 4 N–H and O–H groups in total. The Bertz CT molecular complexity index is 903. The van der Waals surface area contributed by atoms with E-state index in [9.17, 15) is 33.1 Å². The van der Waals surface area contributed by atoms with E-state index in [-0.39, 0.29) is 95.0 Å². The SMILES string of the molecule is C[C@H](CCC(=O)NCCS(=O)(=O)[O-])C1CCC2C3C(C[C@H](O)[C@@]21C)[C@@]1(C)CC[C@@H](O)CC1C[C@H]3O.[Na+]. The number of hydrogen-bond acceptors (Lipinski definition) is 7. The maximum absolute atomic E-state index is 12.2. The van der Waals surface area contributed by atoms with E-state index in [1.165, 1.54) is 0 Å². The first-order valence-electron chi connectivity index (χ1n) is 13.5. The van der Waals surface area contributed by atoms with Gasteiger partial charge in [0.05, 0.1) is 34.2 Å². The van der Waals surface area contributed by atoms with Crippen molar-refractivity contribution < 1.29 is 62.6 Å². The van der Waals surface area contributed by atoms with Crippen LogP contribution in [0.4, 0.5) is 0 Å². The van der Waals surface area contributed by atoms with Crippen LogP contribution in [-0.2, 0) is 14.9 Å². The zero-order chi connectivity index (χ0) is 25.8. The van der Waals surface area contributed by atoms with E-state index in [0.717, 1.165) is 38.5 Å². The molecule has 0 saturated heterocycles. The Morgan fingerprint density at radius 3 is 2.44 bits per heavy atom. The van der Waals surface area contributed by atoms with Gasteiger partial charge in [0, 0.05) is 13.0 Å². The number of aliphatic hydroxyl groups excluding tert-OH is 3. The average Bonchev–Trinajstić information content (AvgIpc) is 3.12. The molecule has 4 aliphatic carbocycles. The fourth-order valence-corrected chi connectivity index (χ4v) is 9.45. The summed E-state index contributed by atoms with van der Waals surface area (Å²) in [6.45, 7) is 6.48. The zero-order valence-corrected chi connectivity index (χ0v) is 25.2. The van der Waals surface area contributed by atoms with Crippen LogP contribution in [0.15, 0.2) is 0 Å². The molecule has 0 heterocycles. The molecule has 0 aliphatic heterocycles. The van der Waals surface area contributed by atoms with Gasteiger partial charge >= 0.3 is 29.6 Å². The van der Waals surface area contributed by atoms with Crippen molar-refractivity contribution in [2.45, 2.75) is 96.9 Å². The van der Waals surface area contributed by atoms with Crippen molar-refractivity contribution in [3.63, 3.8) is 0 Å². The molecule has 0 aromatic carbocycles. The third-order valence-corrected chi connectivity index (χ3v) is 11.7. The number of rotatable bonds is 7. The number of carbonyl (C=O) groups is 1. The number of fused-ring (bicyclic) bond motifs is 5. The molecule has 4 saturated carbocycles. The molecule has 0 aromatic rings. The van der Waals surface area contributed by atoms with Gasteiger partial charge in [0.1, 0.15) is 0 Å². The molecular weight excluding hydrogens is 493 g/mol. The van der Waals surface area contributed by atoms with Gasteiger partial charge in [-0.25, -0.2) is 8.42 Å². The minimum atomic E-state index is -4.35. The summed E-state index contributed by atoms with van der Waals surface area (Å²) >= 11 is 0. The van der Waals surface area contributed by atoms with Crippen LogP contribution < -0.4 is 34.9 Å². The maximum atomic E-state index is 12.2. The van der Waals surface area contributed by atoms with Gasteiger partial charge in [-0.1, -0.05) is 20.8 Å². The predicted octanol–water partition coefficient (Wildman–Crippen LogP) is -0.970. The fraction of sp³-hybridized carbons (Fsp3) is 0.962. The summed E-state index contributed by atoms with van der Waals surface area (Å²) in [6, 6.07) is 0. The Labute approximate surface area is 238 Å². The number of amides is 1. The van der Waals surface area contributed by atoms with Crippen molar-refractivity contribution in [1.29, 1.82) is 0 Å². The smallest absolute Gasteiger partial charge is 0.748 e. The van der Waals surface area contributed by atoms with Crippen LogP contribution in [0.5, 0.6) is 0 Å². The second kappa shape index (κ2) is 11.4. The number of carbonyl (C=O) groups excluding carboxylic acids is 1. The average molecular weight is 538 g/mol. The van der Waals surface area contributed by atoms with Crippen LogP contribution in [0.2, 0.25) is 0 Å². The molecule has 0 radical (unpaired) electrons. The zero-order valence-electron chi connectivity index (χ0n) is 22.4. The van der Waals surface area contributed by atoms with Gasteiger partial charge in [0.25, 0.3) is 0 Å². The monoisotopic (exact) mass is 537 g/mol. The molecule has 4 fully saturated rings. The van der Waals surface area contributed by atoms with Crippen LogP contribution in [-0.4, -0.2) is 64.8 Å². The minimum absolute atomic E-state index is 0. The third-order valence-electron chi connectivity index (χ3n) is 11.0. The number of aliphatic hydroxyl groups is 3. The third kappa shape index (κ3) is 5.74. The molecule has 10 heteroatoms. The Kier molecular flexibility index (Phi) is 9.75. The largest absolute Gasteiger partial charge is 1.00 e. The van der Waals surface area contributed by atoms with E-state index in [2.05, 4.69) is 26.1 Å². The van der Waals surface area contributed by atoms with E-state index in [0.29, 0.717) is 18.8 Å². The molecule has 0 aromatic heterocycles. The molecular formula is C26H44NNaO7S. The van der Waals surface area contributed by atoms with Gasteiger partial charge in [-0.15, -0.1) is 0 Å². The van der Waals surface area contributed by atoms with Gasteiger partial charge in [0.2, 0.25) is 5.91 Å². The standard InChI is InChI=1S/C26H45NO7S.Na/c1-15(4-7-23(31)27-10-11-35(32,33)34)18-5-6-19-24-20(14-22(30)26(18,19)3)25(2)9-8-17(28)12-16(25)13-21(24)29;/h15-22,24,28-30H,4-14H2,1-3H3,(H,27,31)(H,32,33,34);/q;+1/p-1/t15-,16?,17-,18?,19?,20?,21-,22+,24?,25+,26-;/m1./s1. The molecule has 4 rings (SSSR count). The summed E-state index contributed by atoms with van der Waals surface area (Å²) in [6.07, 6.45) is 5.58. The Morgan fingerprint density at radius 2 is 1.78 bits per heavy atom. The fourth-order valence-electron chi connectivity index (χ4n) is 9.10. The second-order valence-corrected chi connectivity index (χ2v) is 14.2. The summed E-state index contributed by atoms with van der Waals surface area (Å²) in [5.41, 5.74) is -0.267. The normalized spacial score (nSPS) is 45.0. The van der Waals surface area contributed by atoms with Gasteiger partial charge in [-0.05, 0) is 97.7 Å². The summed E-state index contributed by atoms with van der Waals surface area (Å²) < 4.78 is 32.2. The van der Waals surface area contributed by atoms with Crippen LogP contribution in [0.1, 0.15) is 78.6 Å². The van der Waals surface area contributed by atoms with Crippen molar-refractivity contribution in [2.75, 3.05) is 12.3 Å². The topological polar surface area (TPSA) is 147 Å². The number of hydrogen-bond donors (Lipinski definition) is 4. The van der Waals surface area contributed by atoms with E-state index >= 15 is 0 Å². The van der Waals surface area contributed by atoms with Crippen molar-refractivity contribution >= 4 is 16.0 Å². The van der Waals surface area contributed by atoms with E-state index in [1.807, 2.05) is 0 Å². The molecule has 5 unspecified atom stereocenters. The first-order chi connectivity index (χ1) is 16.3. The van der Waals surface area contributed by atoms with Crippen molar-refractivity contribution in [2.24, 2.45) is 46.3 Å². The van der Waals surface area contributed by atoms with Gasteiger partial charge in [-0.2, -0.15) is 0 Å². The summed E-state index contributed by atoms with van der Waals surface area (Å²) in [7, 11) is -4.35. The molecule has 1 amide bonds. The predicted molar refractivity (Wildman–Crippen MR) is 130 cm³/mol. The summed E-state index contributed by atoms with van der Waals surface area (Å²) in [4.78, 5) is 12.2. The maximum Gasteiger partial charge on any atom is 1.00 e. The molecule has 0 bridgehead atoms. The molecule has 0 spiro atoms. The first-order valence-corrected chi connectivity index (χ1v) is 15.1. The van der Waals surface area contributed by atoms with Gasteiger partial charge < -0.3 is 25.2 Å². The van der Waals surface area contributed by atoms with Crippen molar-refractivity contribution in [3.8, 4) is 0 Å². The van der Waals surface area contributed by atoms with Gasteiger partial charge in [-0.3, -0.25) is 4.79 Å². The van der Waals surface area contributed by atoms with Crippen LogP contribution in [0.3, 0.4) is 0 Å². The van der Waals surface area contributed by atoms with E-state index in [4.69, 9.17) is 0 Å². The molecule has 8 nitrogen and oxygen atoms in total. The van der Waals surface area contributed by atoms with Gasteiger partial charge in [0.15, 0.2) is 0 Å². The Balaban J connectivity index is 0.00000361. The number of nitrogens with one attached hydrogen (secondary N) is 1.